The van der Waals surface area contributed by atoms with Gasteiger partial charge in [-0.15, -0.1) is 0 Å². The largest absolute Gasteiger partial charge is 0.479 e. The highest BCUT2D eigenvalue weighted by molar-refractivity contribution is 5.89. The summed E-state index contributed by atoms with van der Waals surface area (Å²) < 4.78 is 5.02. The number of urea groups is 1. The number of carbonyl (C=O) groups is 2. The van der Waals surface area contributed by atoms with Gasteiger partial charge in [-0.3, -0.25) is 5.10 Å². The minimum absolute atomic E-state index is 0.0407. The number of anilines is 1. The molecular formula is C9H12N4O4. The van der Waals surface area contributed by atoms with Gasteiger partial charge in [0.05, 0.1) is 25.0 Å². The van der Waals surface area contributed by atoms with Crippen LogP contribution in [-0.2, 0) is 9.53 Å². The number of morpholine rings is 1. The fourth-order valence-electron chi connectivity index (χ4n) is 1.50. The molecule has 2 amide bonds. The Kier molecular flexibility index (Phi) is 3.24. The molecule has 1 saturated heterocycles. The molecule has 0 aromatic carbocycles. The van der Waals surface area contributed by atoms with Crippen molar-refractivity contribution in [1.29, 1.82) is 0 Å². The lowest BCUT2D eigenvalue weighted by atomic mass is 10.3. The average Bonchev–Trinajstić information content (AvgIpc) is 2.82. The van der Waals surface area contributed by atoms with E-state index in [1.54, 1.807) is 0 Å². The van der Waals surface area contributed by atoms with Crippen molar-refractivity contribution < 1.29 is 19.4 Å². The first-order chi connectivity index (χ1) is 8.16. The minimum Gasteiger partial charge on any atom is -0.479 e. The molecule has 92 valence electrons. The van der Waals surface area contributed by atoms with Crippen molar-refractivity contribution in [2.45, 2.75) is 6.10 Å². The monoisotopic (exact) mass is 240 g/mol. The van der Waals surface area contributed by atoms with Crippen LogP contribution in [0.1, 0.15) is 0 Å². The molecule has 8 heteroatoms. The molecule has 1 aromatic rings. The average molecular weight is 240 g/mol. The lowest BCUT2D eigenvalue weighted by molar-refractivity contribution is -0.154. The van der Waals surface area contributed by atoms with Gasteiger partial charge in [0.25, 0.3) is 0 Å². The first kappa shape index (κ1) is 11.4. The SMILES string of the molecule is O=C(O)C1CN(C(=O)Nc2cn[nH]c2)CCO1. The van der Waals surface area contributed by atoms with Crippen molar-refractivity contribution in [2.24, 2.45) is 0 Å². The van der Waals surface area contributed by atoms with E-state index < -0.39 is 12.1 Å². The number of rotatable bonds is 2. The van der Waals surface area contributed by atoms with E-state index in [1.807, 2.05) is 0 Å². The summed E-state index contributed by atoms with van der Waals surface area (Å²) >= 11 is 0. The lowest BCUT2D eigenvalue weighted by Gasteiger charge is -2.30. The van der Waals surface area contributed by atoms with Gasteiger partial charge < -0.3 is 20.1 Å². The maximum absolute atomic E-state index is 11.8. The Morgan fingerprint density at radius 2 is 2.47 bits per heavy atom. The number of aromatic nitrogens is 2. The molecule has 0 saturated carbocycles. The number of aromatic amines is 1. The van der Waals surface area contributed by atoms with Gasteiger partial charge >= 0.3 is 12.0 Å². The van der Waals surface area contributed by atoms with Crippen molar-refractivity contribution in [3.63, 3.8) is 0 Å². The third-order valence-electron chi connectivity index (χ3n) is 2.38. The quantitative estimate of drug-likeness (QED) is 0.659. The van der Waals surface area contributed by atoms with E-state index in [-0.39, 0.29) is 19.2 Å². The highest BCUT2D eigenvalue weighted by Crippen LogP contribution is 2.09. The minimum atomic E-state index is -1.06. The Balaban J connectivity index is 1.93. The van der Waals surface area contributed by atoms with Crippen LogP contribution in [0.3, 0.4) is 0 Å². The van der Waals surface area contributed by atoms with E-state index in [1.165, 1.54) is 17.3 Å². The molecule has 1 aromatic heterocycles. The number of amides is 2. The van der Waals surface area contributed by atoms with Crippen LogP contribution in [0.2, 0.25) is 0 Å². The summed E-state index contributed by atoms with van der Waals surface area (Å²) in [4.78, 5) is 23.9. The number of ether oxygens (including phenoxy) is 1. The van der Waals surface area contributed by atoms with E-state index in [2.05, 4.69) is 15.5 Å². The van der Waals surface area contributed by atoms with E-state index in [9.17, 15) is 9.59 Å². The van der Waals surface area contributed by atoms with Gasteiger partial charge in [-0.2, -0.15) is 5.10 Å². The summed E-state index contributed by atoms with van der Waals surface area (Å²) in [7, 11) is 0. The predicted molar refractivity (Wildman–Crippen MR) is 56.6 cm³/mol. The van der Waals surface area contributed by atoms with Gasteiger partial charge in [-0.1, -0.05) is 0 Å². The Bertz CT molecular complexity index is 405. The number of carbonyl (C=O) groups excluding carboxylic acids is 1. The molecule has 0 radical (unpaired) electrons. The highest BCUT2D eigenvalue weighted by Gasteiger charge is 2.28. The summed E-state index contributed by atoms with van der Waals surface area (Å²) in [6.07, 6.45) is 2.04. The standard InChI is InChI=1S/C9H12N4O4/c14-8(15)7-5-13(1-2-17-7)9(16)12-6-3-10-11-4-6/h3-4,7H,1-2,5H2,(H,10,11)(H,12,16)(H,14,15). The van der Waals surface area contributed by atoms with Crippen LogP contribution in [-0.4, -0.2) is 58.0 Å². The molecule has 17 heavy (non-hydrogen) atoms. The molecule has 2 heterocycles. The number of hydrogen-bond acceptors (Lipinski definition) is 4. The molecule has 3 N–H and O–H groups in total. The van der Waals surface area contributed by atoms with Gasteiger partial charge in [-0.05, 0) is 0 Å². The number of carboxylic acids is 1. The van der Waals surface area contributed by atoms with Gasteiger partial charge in [0, 0.05) is 12.7 Å². The van der Waals surface area contributed by atoms with E-state index in [0.717, 1.165) is 0 Å². The van der Waals surface area contributed by atoms with Crippen LogP contribution in [0.4, 0.5) is 10.5 Å². The first-order valence-corrected chi connectivity index (χ1v) is 5.06. The fourth-order valence-corrected chi connectivity index (χ4v) is 1.50. The molecule has 0 bridgehead atoms. The number of aliphatic carboxylic acids is 1. The third kappa shape index (κ3) is 2.72. The molecule has 1 aliphatic rings. The maximum atomic E-state index is 11.8. The second kappa shape index (κ2) is 4.83. The maximum Gasteiger partial charge on any atom is 0.334 e. The van der Waals surface area contributed by atoms with Gasteiger partial charge in [0.2, 0.25) is 0 Å². The fraction of sp³-hybridized carbons (Fsp3) is 0.444. The number of nitrogens with one attached hydrogen (secondary N) is 2. The topological polar surface area (TPSA) is 108 Å². The Labute approximate surface area is 96.6 Å². The number of hydrogen-bond donors (Lipinski definition) is 3. The van der Waals surface area contributed by atoms with Gasteiger partial charge in [0.1, 0.15) is 0 Å². The zero-order valence-corrected chi connectivity index (χ0v) is 8.92. The Morgan fingerprint density at radius 1 is 1.65 bits per heavy atom. The lowest BCUT2D eigenvalue weighted by Crippen LogP contribution is -2.49. The highest BCUT2D eigenvalue weighted by atomic mass is 16.5. The second-order valence-electron chi connectivity index (χ2n) is 3.56. The number of H-pyrrole nitrogens is 1. The molecule has 0 aliphatic carbocycles. The van der Waals surface area contributed by atoms with Gasteiger partial charge in [-0.25, -0.2) is 9.59 Å². The summed E-state index contributed by atoms with van der Waals surface area (Å²) in [5.74, 6) is -1.06. The number of nitrogens with zero attached hydrogens (tertiary/aromatic N) is 2. The van der Waals surface area contributed by atoms with Crippen LogP contribution in [0, 0.1) is 0 Å². The van der Waals surface area contributed by atoms with Crippen LogP contribution in [0.25, 0.3) is 0 Å². The van der Waals surface area contributed by atoms with Crippen molar-refractivity contribution in [2.75, 3.05) is 25.0 Å². The summed E-state index contributed by atoms with van der Waals surface area (Å²) in [5, 5.41) is 17.6. The molecule has 1 aliphatic heterocycles. The zero-order valence-electron chi connectivity index (χ0n) is 8.92. The first-order valence-electron chi connectivity index (χ1n) is 5.06. The van der Waals surface area contributed by atoms with Crippen molar-refractivity contribution in [3.05, 3.63) is 12.4 Å². The van der Waals surface area contributed by atoms with E-state index >= 15 is 0 Å². The molecule has 1 fully saturated rings. The molecule has 2 rings (SSSR count). The van der Waals surface area contributed by atoms with Crippen molar-refractivity contribution in [1.82, 2.24) is 15.1 Å². The zero-order chi connectivity index (χ0) is 12.3. The molecule has 0 spiro atoms. The number of carboxylic acid groups (broad SMARTS) is 1. The van der Waals surface area contributed by atoms with E-state index in [0.29, 0.717) is 12.2 Å². The van der Waals surface area contributed by atoms with Crippen LogP contribution in [0.5, 0.6) is 0 Å². The molecular weight excluding hydrogens is 228 g/mol. The summed E-state index contributed by atoms with van der Waals surface area (Å²) in [6, 6.07) is -0.360. The van der Waals surface area contributed by atoms with Crippen molar-refractivity contribution in [3.8, 4) is 0 Å². The second-order valence-corrected chi connectivity index (χ2v) is 3.56. The summed E-state index contributed by atoms with van der Waals surface area (Å²) in [6.45, 7) is 0.627. The normalized spacial score (nSPS) is 20.0. The Morgan fingerprint density at radius 3 is 3.12 bits per heavy atom. The smallest absolute Gasteiger partial charge is 0.334 e. The summed E-state index contributed by atoms with van der Waals surface area (Å²) in [5.41, 5.74) is 0.536. The predicted octanol–water partition coefficient (Wildman–Crippen LogP) is -0.273. The van der Waals surface area contributed by atoms with Crippen LogP contribution >= 0.6 is 0 Å². The molecule has 8 nitrogen and oxygen atoms in total. The van der Waals surface area contributed by atoms with E-state index in [4.69, 9.17) is 9.84 Å². The van der Waals surface area contributed by atoms with Crippen molar-refractivity contribution >= 4 is 17.7 Å². The molecule has 1 atom stereocenters. The van der Waals surface area contributed by atoms with Crippen LogP contribution < -0.4 is 5.32 Å². The molecule has 1 unspecified atom stereocenters. The third-order valence-corrected chi connectivity index (χ3v) is 2.38. The van der Waals surface area contributed by atoms with Crippen LogP contribution in [0.15, 0.2) is 12.4 Å². The van der Waals surface area contributed by atoms with Gasteiger partial charge in [0.15, 0.2) is 6.10 Å². The Hall–Kier alpha value is -2.09.